The molecule has 1 amide bonds. The first-order valence-electron chi connectivity index (χ1n) is 9.34. The van der Waals surface area contributed by atoms with Gasteiger partial charge in [0.05, 0.1) is 11.6 Å². The van der Waals surface area contributed by atoms with Crippen LogP contribution in [0.15, 0.2) is 42.9 Å². The number of carbonyl (C=O) groups excluding carboxylic acids is 1. The summed E-state index contributed by atoms with van der Waals surface area (Å²) < 4.78 is 1.76. The zero-order valence-electron chi connectivity index (χ0n) is 15.7. The Morgan fingerprint density at radius 1 is 1.11 bits per heavy atom. The SMILES string of the molecule is C[C@H](Cc1ccccc1)C(=O)N1CCN(c2ncnc3c2cnn3C)CC1. The number of carbonyl (C=O) groups is 1. The number of nitrogens with zero attached hydrogens (tertiary/aromatic N) is 6. The summed E-state index contributed by atoms with van der Waals surface area (Å²) in [5.74, 6) is 1.12. The van der Waals surface area contributed by atoms with Crippen LogP contribution in [-0.2, 0) is 18.3 Å². The molecule has 1 aromatic carbocycles. The lowest BCUT2D eigenvalue weighted by Gasteiger charge is -2.36. The number of hydrogen-bond donors (Lipinski definition) is 0. The first-order chi connectivity index (χ1) is 13.1. The summed E-state index contributed by atoms with van der Waals surface area (Å²) in [4.78, 5) is 25.8. The number of rotatable bonds is 4. The van der Waals surface area contributed by atoms with E-state index in [1.165, 1.54) is 5.56 Å². The first kappa shape index (κ1) is 17.5. The Balaban J connectivity index is 1.40. The molecule has 1 saturated heterocycles. The Labute approximate surface area is 158 Å². The van der Waals surface area contributed by atoms with Gasteiger partial charge in [-0.1, -0.05) is 37.3 Å². The number of anilines is 1. The number of fused-ring (bicyclic) bond motifs is 1. The van der Waals surface area contributed by atoms with Crippen LogP contribution in [0, 0.1) is 5.92 Å². The number of aryl methyl sites for hydroxylation is 1. The summed E-state index contributed by atoms with van der Waals surface area (Å²) in [6.07, 6.45) is 4.17. The van der Waals surface area contributed by atoms with Gasteiger partial charge in [-0.3, -0.25) is 9.48 Å². The molecular weight excluding hydrogens is 340 g/mol. The lowest BCUT2D eigenvalue weighted by molar-refractivity contribution is -0.135. The Morgan fingerprint density at radius 2 is 1.85 bits per heavy atom. The minimum atomic E-state index is -0.0111. The third-order valence-electron chi connectivity index (χ3n) is 5.21. The van der Waals surface area contributed by atoms with Crippen molar-refractivity contribution >= 4 is 22.8 Å². The topological polar surface area (TPSA) is 67.2 Å². The summed E-state index contributed by atoms with van der Waals surface area (Å²) in [5.41, 5.74) is 2.03. The van der Waals surface area contributed by atoms with Crippen LogP contribution in [0.4, 0.5) is 5.82 Å². The maximum Gasteiger partial charge on any atom is 0.225 e. The van der Waals surface area contributed by atoms with E-state index < -0.39 is 0 Å². The van der Waals surface area contributed by atoms with Crippen molar-refractivity contribution in [3.05, 3.63) is 48.4 Å². The molecule has 27 heavy (non-hydrogen) atoms. The van der Waals surface area contributed by atoms with Crippen molar-refractivity contribution in [1.82, 2.24) is 24.6 Å². The molecule has 0 N–H and O–H groups in total. The Bertz CT molecular complexity index is 930. The molecule has 1 aliphatic heterocycles. The number of benzene rings is 1. The molecule has 7 nitrogen and oxygen atoms in total. The molecule has 1 fully saturated rings. The quantitative estimate of drug-likeness (QED) is 0.707. The minimum absolute atomic E-state index is 0.0111. The molecule has 1 aliphatic rings. The Morgan fingerprint density at radius 3 is 2.59 bits per heavy atom. The average molecular weight is 364 g/mol. The van der Waals surface area contributed by atoms with Crippen LogP contribution in [0.2, 0.25) is 0 Å². The van der Waals surface area contributed by atoms with Crippen molar-refractivity contribution in [2.75, 3.05) is 31.1 Å². The van der Waals surface area contributed by atoms with Gasteiger partial charge in [0.2, 0.25) is 5.91 Å². The van der Waals surface area contributed by atoms with Crippen molar-refractivity contribution in [2.45, 2.75) is 13.3 Å². The van der Waals surface area contributed by atoms with Crippen LogP contribution in [0.25, 0.3) is 11.0 Å². The molecule has 1 atom stereocenters. The molecule has 0 aliphatic carbocycles. The smallest absolute Gasteiger partial charge is 0.225 e. The third kappa shape index (κ3) is 3.49. The standard InChI is InChI=1S/C20H24N6O/c1-15(12-16-6-4-3-5-7-16)20(27)26-10-8-25(9-11-26)19-17-13-23-24(2)18(17)21-14-22-19/h3-7,13-15H,8-12H2,1-2H3/t15-/m1/s1. The monoisotopic (exact) mass is 364 g/mol. The van der Waals surface area contributed by atoms with Crippen LogP contribution in [0.5, 0.6) is 0 Å². The zero-order chi connectivity index (χ0) is 18.8. The lowest BCUT2D eigenvalue weighted by atomic mass is 9.99. The summed E-state index contributed by atoms with van der Waals surface area (Å²) in [7, 11) is 1.88. The van der Waals surface area contributed by atoms with E-state index >= 15 is 0 Å². The predicted octanol–water partition coefficient (Wildman–Crippen LogP) is 1.89. The molecule has 4 rings (SSSR count). The summed E-state index contributed by atoms with van der Waals surface area (Å²) >= 11 is 0. The van der Waals surface area contributed by atoms with Crippen LogP contribution in [0.3, 0.4) is 0 Å². The maximum atomic E-state index is 12.8. The van der Waals surface area contributed by atoms with Crippen molar-refractivity contribution in [3.8, 4) is 0 Å². The van der Waals surface area contributed by atoms with Gasteiger partial charge in [-0.15, -0.1) is 0 Å². The molecule has 0 unspecified atom stereocenters. The number of piperazine rings is 1. The van der Waals surface area contributed by atoms with Gasteiger partial charge < -0.3 is 9.80 Å². The highest BCUT2D eigenvalue weighted by atomic mass is 16.2. The molecular formula is C20H24N6O. The van der Waals surface area contributed by atoms with Crippen LogP contribution in [-0.4, -0.2) is 56.7 Å². The van der Waals surface area contributed by atoms with E-state index in [2.05, 4.69) is 32.1 Å². The highest BCUT2D eigenvalue weighted by Gasteiger charge is 2.26. The molecule has 140 valence electrons. The highest BCUT2D eigenvalue weighted by Crippen LogP contribution is 2.23. The predicted molar refractivity (Wildman–Crippen MR) is 104 cm³/mol. The molecule has 0 saturated carbocycles. The highest BCUT2D eigenvalue weighted by molar-refractivity contribution is 5.87. The van der Waals surface area contributed by atoms with Crippen molar-refractivity contribution in [3.63, 3.8) is 0 Å². The average Bonchev–Trinajstić information content (AvgIpc) is 3.09. The Kier molecular flexibility index (Phi) is 4.75. The first-order valence-corrected chi connectivity index (χ1v) is 9.34. The molecule has 3 aromatic rings. The molecule has 0 bridgehead atoms. The normalized spacial score (nSPS) is 15.9. The number of hydrogen-bond acceptors (Lipinski definition) is 5. The van der Waals surface area contributed by atoms with Crippen molar-refractivity contribution in [2.24, 2.45) is 13.0 Å². The van der Waals surface area contributed by atoms with Gasteiger partial charge in [0, 0.05) is 39.1 Å². The van der Waals surface area contributed by atoms with E-state index in [0.717, 1.165) is 36.4 Å². The second-order valence-electron chi connectivity index (χ2n) is 7.11. The van der Waals surface area contributed by atoms with Crippen molar-refractivity contribution in [1.29, 1.82) is 0 Å². The fraction of sp³-hybridized carbons (Fsp3) is 0.400. The van der Waals surface area contributed by atoms with Gasteiger partial charge in [0.1, 0.15) is 12.1 Å². The van der Waals surface area contributed by atoms with E-state index in [-0.39, 0.29) is 11.8 Å². The number of amides is 1. The Hall–Kier alpha value is -2.96. The molecule has 0 radical (unpaired) electrons. The van der Waals surface area contributed by atoms with Gasteiger partial charge in [-0.25, -0.2) is 9.97 Å². The van der Waals surface area contributed by atoms with E-state index in [1.807, 2.05) is 43.3 Å². The van der Waals surface area contributed by atoms with Crippen molar-refractivity contribution < 1.29 is 4.79 Å². The zero-order valence-corrected chi connectivity index (χ0v) is 15.7. The van der Waals surface area contributed by atoms with Crippen LogP contribution < -0.4 is 4.90 Å². The van der Waals surface area contributed by atoms with Crippen LogP contribution >= 0.6 is 0 Å². The van der Waals surface area contributed by atoms with E-state index in [0.29, 0.717) is 13.1 Å². The third-order valence-corrected chi connectivity index (χ3v) is 5.21. The van der Waals surface area contributed by atoms with Gasteiger partial charge in [0.15, 0.2) is 5.65 Å². The van der Waals surface area contributed by atoms with Gasteiger partial charge in [0.25, 0.3) is 0 Å². The largest absolute Gasteiger partial charge is 0.352 e. The second kappa shape index (κ2) is 7.34. The summed E-state index contributed by atoms with van der Waals surface area (Å²) in [5, 5.41) is 5.24. The van der Waals surface area contributed by atoms with E-state index in [4.69, 9.17) is 0 Å². The number of aromatic nitrogens is 4. The van der Waals surface area contributed by atoms with Gasteiger partial charge in [-0.2, -0.15) is 5.10 Å². The molecule has 3 heterocycles. The minimum Gasteiger partial charge on any atom is -0.352 e. The van der Waals surface area contributed by atoms with Gasteiger partial charge in [-0.05, 0) is 12.0 Å². The molecule has 2 aromatic heterocycles. The lowest BCUT2D eigenvalue weighted by Crippen LogP contribution is -2.50. The van der Waals surface area contributed by atoms with E-state index in [9.17, 15) is 4.79 Å². The second-order valence-corrected chi connectivity index (χ2v) is 7.11. The fourth-order valence-electron chi connectivity index (χ4n) is 3.71. The summed E-state index contributed by atoms with van der Waals surface area (Å²) in [6.45, 7) is 4.98. The molecule has 7 heteroatoms. The fourth-order valence-corrected chi connectivity index (χ4v) is 3.71. The van der Waals surface area contributed by atoms with E-state index in [1.54, 1.807) is 11.0 Å². The molecule has 0 spiro atoms. The van der Waals surface area contributed by atoms with Crippen LogP contribution in [0.1, 0.15) is 12.5 Å². The van der Waals surface area contributed by atoms with Gasteiger partial charge >= 0.3 is 0 Å². The summed E-state index contributed by atoms with van der Waals surface area (Å²) in [6, 6.07) is 10.2. The maximum absolute atomic E-state index is 12.8.